The number of anilines is 1. The summed E-state index contributed by atoms with van der Waals surface area (Å²) in [6, 6.07) is 10.0. The van der Waals surface area contributed by atoms with Crippen molar-refractivity contribution in [1.82, 2.24) is 0 Å². The highest BCUT2D eigenvalue weighted by molar-refractivity contribution is 6.42. The molecule has 0 aliphatic rings. The fourth-order valence-corrected chi connectivity index (χ4v) is 2.45. The van der Waals surface area contributed by atoms with Crippen molar-refractivity contribution >= 4 is 58.4 Å². The van der Waals surface area contributed by atoms with Crippen LogP contribution in [0.4, 0.5) is 5.69 Å². The minimum Gasteiger partial charge on any atom is -0.452 e. The topological polar surface area (TPSA) is 55.4 Å². The Morgan fingerprint density at radius 2 is 1.84 bits per heavy atom. The average Bonchev–Trinajstić information content (AvgIpc) is 2.56. The van der Waals surface area contributed by atoms with Crippen molar-refractivity contribution in [1.29, 1.82) is 0 Å². The Morgan fingerprint density at radius 3 is 2.52 bits per heavy atom. The minimum atomic E-state index is -0.644. The number of hydrogen-bond donors (Lipinski definition) is 1. The van der Waals surface area contributed by atoms with E-state index in [1.807, 2.05) is 6.92 Å². The third kappa shape index (κ3) is 6.09. The van der Waals surface area contributed by atoms with E-state index in [9.17, 15) is 9.59 Å². The fraction of sp³-hybridized carbons (Fsp3) is 0.111. The number of carbonyl (C=O) groups is 2. The van der Waals surface area contributed by atoms with E-state index in [1.54, 1.807) is 36.4 Å². The molecule has 2 aromatic rings. The molecule has 130 valence electrons. The van der Waals surface area contributed by atoms with Crippen LogP contribution in [0.3, 0.4) is 0 Å². The van der Waals surface area contributed by atoms with Gasteiger partial charge in [-0.3, -0.25) is 4.79 Å². The molecule has 0 bridgehead atoms. The normalized spacial score (nSPS) is 10.7. The maximum atomic E-state index is 11.8. The molecule has 0 atom stereocenters. The van der Waals surface area contributed by atoms with Gasteiger partial charge in [-0.05, 0) is 54.5 Å². The molecule has 0 aliphatic carbocycles. The van der Waals surface area contributed by atoms with Crippen molar-refractivity contribution < 1.29 is 14.3 Å². The highest BCUT2D eigenvalue weighted by Crippen LogP contribution is 2.23. The molecule has 0 fully saturated rings. The van der Waals surface area contributed by atoms with Gasteiger partial charge >= 0.3 is 5.97 Å². The highest BCUT2D eigenvalue weighted by Gasteiger charge is 2.08. The number of nitrogens with one attached hydrogen (secondary N) is 1. The number of carbonyl (C=O) groups excluding carboxylic acids is 2. The first-order valence-corrected chi connectivity index (χ1v) is 8.34. The van der Waals surface area contributed by atoms with E-state index in [-0.39, 0.29) is 0 Å². The van der Waals surface area contributed by atoms with Crippen LogP contribution < -0.4 is 5.32 Å². The molecule has 0 saturated carbocycles. The van der Waals surface area contributed by atoms with Crippen molar-refractivity contribution in [2.75, 3.05) is 11.9 Å². The Hall–Kier alpha value is -2.01. The van der Waals surface area contributed by atoms with E-state index in [1.165, 1.54) is 12.2 Å². The van der Waals surface area contributed by atoms with Gasteiger partial charge < -0.3 is 10.1 Å². The number of amides is 1. The van der Waals surface area contributed by atoms with Crippen LogP contribution in [0, 0.1) is 6.92 Å². The van der Waals surface area contributed by atoms with E-state index < -0.39 is 18.5 Å². The molecule has 0 aliphatic heterocycles. The lowest BCUT2D eigenvalue weighted by atomic mass is 10.2. The Balaban J connectivity index is 1.85. The smallest absolute Gasteiger partial charge is 0.331 e. The maximum absolute atomic E-state index is 11.8. The molecule has 25 heavy (non-hydrogen) atoms. The van der Waals surface area contributed by atoms with Crippen molar-refractivity contribution in [2.45, 2.75) is 6.92 Å². The zero-order chi connectivity index (χ0) is 18.4. The summed E-state index contributed by atoms with van der Waals surface area (Å²) in [6.45, 7) is 1.42. The van der Waals surface area contributed by atoms with Crippen LogP contribution in [0.1, 0.15) is 11.1 Å². The summed E-state index contributed by atoms with van der Waals surface area (Å²) in [5.41, 5.74) is 2.11. The summed E-state index contributed by atoms with van der Waals surface area (Å²) < 4.78 is 4.89. The summed E-state index contributed by atoms with van der Waals surface area (Å²) in [4.78, 5) is 23.5. The Kier molecular flexibility index (Phi) is 6.88. The predicted octanol–water partition coefficient (Wildman–Crippen LogP) is 5.15. The van der Waals surface area contributed by atoms with Gasteiger partial charge in [-0.2, -0.15) is 0 Å². The number of benzene rings is 2. The van der Waals surface area contributed by atoms with E-state index in [2.05, 4.69) is 5.32 Å². The van der Waals surface area contributed by atoms with Gasteiger partial charge in [-0.15, -0.1) is 0 Å². The molecule has 2 aromatic carbocycles. The van der Waals surface area contributed by atoms with Crippen molar-refractivity contribution in [2.24, 2.45) is 0 Å². The van der Waals surface area contributed by atoms with Crippen LogP contribution >= 0.6 is 34.8 Å². The molecule has 0 unspecified atom stereocenters. The number of ether oxygens (including phenoxy) is 1. The monoisotopic (exact) mass is 397 g/mol. The van der Waals surface area contributed by atoms with Gasteiger partial charge in [0.25, 0.3) is 5.91 Å². The molecule has 2 rings (SSSR count). The van der Waals surface area contributed by atoms with Gasteiger partial charge in [-0.25, -0.2) is 4.79 Å². The van der Waals surface area contributed by atoms with Crippen molar-refractivity contribution in [3.63, 3.8) is 0 Å². The second-order valence-corrected chi connectivity index (χ2v) is 6.37. The third-order valence-corrected chi connectivity index (χ3v) is 4.14. The number of hydrogen-bond acceptors (Lipinski definition) is 3. The molecule has 7 heteroatoms. The first-order valence-electron chi connectivity index (χ1n) is 7.21. The fourth-order valence-electron chi connectivity index (χ4n) is 1.92. The van der Waals surface area contributed by atoms with Gasteiger partial charge in [0.1, 0.15) is 0 Å². The van der Waals surface area contributed by atoms with Gasteiger partial charge in [0, 0.05) is 16.8 Å². The second kappa shape index (κ2) is 8.90. The number of esters is 1. The Morgan fingerprint density at radius 1 is 1.08 bits per heavy atom. The van der Waals surface area contributed by atoms with Crippen LogP contribution in [-0.4, -0.2) is 18.5 Å². The van der Waals surface area contributed by atoms with Crippen LogP contribution in [0.2, 0.25) is 15.1 Å². The third-order valence-electron chi connectivity index (χ3n) is 3.16. The molecule has 4 nitrogen and oxygen atoms in total. The largest absolute Gasteiger partial charge is 0.452 e. The lowest BCUT2D eigenvalue weighted by Crippen LogP contribution is -2.20. The molecule has 0 aromatic heterocycles. The molecule has 0 spiro atoms. The van der Waals surface area contributed by atoms with Crippen LogP contribution in [0.5, 0.6) is 0 Å². The SMILES string of the molecule is Cc1cc(Cl)ccc1NC(=O)COC(=O)/C=C/c1ccc(Cl)c(Cl)c1. The lowest BCUT2D eigenvalue weighted by Gasteiger charge is -2.08. The van der Waals surface area contributed by atoms with Gasteiger partial charge in [0.2, 0.25) is 0 Å². The molecule has 0 saturated heterocycles. The first kappa shape index (κ1) is 19.3. The Labute approximate surface area is 160 Å². The average molecular weight is 399 g/mol. The summed E-state index contributed by atoms with van der Waals surface area (Å²) in [5.74, 6) is -1.09. The van der Waals surface area contributed by atoms with E-state index in [4.69, 9.17) is 39.5 Å². The standard InChI is InChI=1S/C18H14Cl3NO3/c1-11-8-13(19)4-6-16(11)22-17(23)10-25-18(24)7-3-12-2-5-14(20)15(21)9-12/h2-9H,10H2,1H3,(H,22,23)/b7-3+. The quantitative estimate of drug-likeness (QED) is 0.560. The van der Waals surface area contributed by atoms with Crippen LogP contribution in [0.25, 0.3) is 6.08 Å². The number of rotatable bonds is 5. The molecular formula is C18H14Cl3NO3. The van der Waals surface area contributed by atoms with Gasteiger partial charge in [-0.1, -0.05) is 40.9 Å². The second-order valence-electron chi connectivity index (χ2n) is 5.12. The van der Waals surface area contributed by atoms with Crippen LogP contribution in [0.15, 0.2) is 42.5 Å². The summed E-state index contributed by atoms with van der Waals surface area (Å²) >= 11 is 17.6. The van der Waals surface area contributed by atoms with Gasteiger partial charge in [0.15, 0.2) is 6.61 Å². The molecule has 1 amide bonds. The number of halogens is 3. The zero-order valence-electron chi connectivity index (χ0n) is 13.2. The van der Waals surface area contributed by atoms with E-state index >= 15 is 0 Å². The highest BCUT2D eigenvalue weighted by atomic mass is 35.5. The molecule has 0 radical (unpaired) electrons. The summed E-state index contributed by atoms with van der Waals surface area (Å²) in [6.07, 6.45) is 2.73. The van der Waals surface area contributed by atoms with E-state index in [0.29, 0.717) is 26.3 Å². The summed E-state index contributed by atoms with van der Waals surface area (Å²) in [5, 5.41) is 4.04. The zero-order valence-corrected chi connectivity index (χ0v) is 15.5. The first-order chi connectivity index (χ1) is 11.8. The van der Waals surface area contributed by atoms with Crippen LogP contribution in [-0.2, 0) is 14.3 Å². The maximum Gasteiger partial charge on any atom is 0.331 e. The molecule has 1 N–H and O–H groups in total. The predicted molar refractivity (Wildman–Crippen MR) is 101 cm³/mol. The molecule has 0 heterocycles. The van der Waals surface area contributed by atoms with Crippen molar-refractivity contribution in [3.05, 3.63) is 68.7 Å². The van der Waals surface area contributed by atoms with E-state index in [0.717, 1.165) is 5.56 Å². The Bertz CT molecular complexity index is 834. The van der Waals surface area contributed by atoms with Crippen molar-refractivity contribution in [3.8, 4) is 0 Å². The minimum absolute atomic E-state index is 0.384. The lowest BCUT2D eigenvalue weighted by molar-refractivity contribution is -0.142. The summed E-state index contributed by atoms with van der Waals surface area (Å²) in [7, 11) is 0. The number of aryl methyl sites for hydroxylation is 1. The molecular weight excluding hydrogens is 385 g/mol. The van der Waals surface area contributed by atoms with Gasteiger partial charge in [0.05, 0.1) is 10.0 Å².